The summed E-state index contributed by atoms with van der Waals surface area (Å²) in [7, 11) is 0. The zero-order valence-corrected chi connectivity index (χ0v) is 9.83. The summed E-state index contributed by atoms with van der Waals surface area (Å²) in [4.78, 5) is 11.7. The monoisotopic (exact) mass is 247 g/mol. The molecule has 2 N–H and O–H groups in total. The third kappa shape index (κ3) is 2.72. The van der Waals surface area contributed by atoms with Crippen molar-refractivity contribution >= 4 is 5.91 Å². The van der Waals surface area contributed by atoms with E-state index in [1.165, 1.54) is 6.39 Å². The molecule has 0 aliphatic heterocycles. The van der Waals surface area contributed by atoms with Gasteiger partial charge in [0.15, 0.2) is 0 Å². The molecule has 2 aromatic rings. The largest absolute Gasteiger partial charge is 0.423 e. The van der Waals surface area contributed by atoms with Crippen LogP contribution in [0.2, 0.25) is 0 Å². The van der Waals surface area contributed by atoms with Gasteiger partial charge in [0.25, 0.3) is 5.91 Å². The van der Waals surface area contributed by atoms with Crippen molar-refractivity contribution in [2.75, 3.05) is 6.61 Å². The predicted octanol–water partition coefficient (Wildman–Crippen LogP) is 0.847. The molecule has 1 heterocycles. The molecule has 1 aromatic carbocycles. The third-order valence-corrected chi connectivity index (χ3v) is 2.41. The lowest BCUT2D eigenvalue weighted by atomic mass is 10.1. The summed E-state index contributed by atoms with van der Waals surface area (Å²) in [6.45, 7) is 1.64. The van der Waals surface area contributed by atoms with Crippen molar-refractivity contribution in [3.63, 3.8) is 0 Å². The highest BCUT2D eigenvalue weighted by Crippen LogP contribution is 2.16. The van der Waals surface area contributed by atoms with Gasteiger partial charge >= 0.3 is 0 Å². The number of nitrogens with zero attached hydrogens (tertiary/aromatic N) is 2. The standard InChI is InChI=1S/C12H13N3O3/c1-8(6-16)14-11(17)9-2-4-10(5-3-9)12-15-13-7-18-12/h2-5,7-8,16H,6H2,1H3,(H,14,17)/t8-/m1/s1. The number of rotatable bonds is 4. The average Bonchev–Trinajstić information content (AvgIpc) is 2.92. The Balaban J connectivity index is 2.10. The predicted molar refractivity (Wildman–Crippen MR) is 63.7 cm³/mol. The van der Waals surface area contributed by atoms with Crippen LogP contribution in [0.15, 0.2) is 35.1 Å². The maximum absolute atomic E-state index is 11.7. The summed E-state index contributed by atoms with van der Waals surface area (Å²) in [5.74, 6) is 0.180. The highest BCUT2D eigenvalue weighted by atomic mass is 16.4. The summed E-state index contributed by atoms with van der Waals surface area (Å²) in [5.41, 5.74) is 1.26. The van der Waals surface area contributed by atoms with Gasteiger partial charge in [-0.2, -0.15) is 0 Å². The molecule has 0 aliphatic carbocycles. The molecule has 1 atom stereocenters. The topological polar surface area (TPSA) is 88.2 Å². The Morgan fingerprint density at radius 1 is 1.44 bits per heavy atom. The van der Waals surface area contributed by atoms with Gasteiger partial charge in [-0.15, -0.1) is 10.2 Å². The van der Waals surface area contributed by atoms with Gasteiger partial charge in [0.1, 0.15) is 0 Å². The van der Waals surface area contributed by atoms with Gasteiger partial charge in [0.2, 0.25) is 12.3 Å². The molecule has 0 spiro atoms. The highest BCUT2D eigenvalue weighted by molar-refractivity contribution is 5.94. The van der Waals surface area contributed by atoms with Gasteiger partial charge in [-0.1, -0.05) is 0 Å². The van der Waals surface area contributed by atoms with E-state index in [1.54, 1.807) is 31.2 Å². The first-order valence-corrected chi connectivity index (χ1v) is 5.49. The molecule has 2 rings (SSSR count). The molecular formula is C12H13N3O3. The first kappa shape index (κ1) is 12.3. The summed E-state index contributed by atoms with van der Waals surface area (Å²) >= 11 is 0. The van der Waals surface area contributed by atoms with E-state index in [4.69, 9.17) is 9.52 Å². The Kier molecular flexibility index (Phi) is 3.69. The van der Waals surface area contributed by atoms with Gasteiger partial charge in [0, 0.05) is 17.2 Å². The number of hydrogen-bond donors (Lipinski definition) is 2. The van der Waals surface area contributed by atoms with E-state index in [0.29, 0.717) is 11.5 Å². The lowest BCUT2D eigenvalue weighted by molar-refractivity contribution is 0.0922. The molecule has 6 nitrogen and oxygen atoms in total. The van der Waals surface area contributed by atoms with Crippen molar-refractivity contribution in [3.8, 4) is 11.5 Å². The van der Waals surface area contributed by atoms with E-state index >= 15 is 0 Å². The van der Waals surface area contributed by atoms with E-state index < -0.39 is 0 Å². The zero-order valence-electron chi connectivity index (χ0n) is 9.83. The third-order valence-electron chi connectivity index (χ3n) is 2.41. The number of amides is 1. The van der Waals surface area contributed by atoms with Gasteiger partial charge < -0.3 is 14.8 Å². The fourth-order valence-corrected chi connectivity index (χ4v) is 1.42. The van der Waals surface area contributed by atoms with E-state index in [9.17, 15) is 4.79 Å². The average molecular weight is 247 g/mol. The maximum Gasteiger partial charge on any atom is 0.251 e. The lowest BCUT2D eigenvalue weighted by Crippen LogP contribution is -2.34. The Hall–Kier alpha value is -2.21. The number of carbonyl (C=O) groups is 1. The molecular weight excluding hydrogens is 234 g/mol. The highest BCUT2D eigenvalue weighted by Gasteiger charge is 2.10. The van der Waals surface area contributed by atoms with Crippen molar-refractivity contribution < 1.29 is 14.3 Å². The second-order valence-corrected chi connectivity index (χ2v) is 3.88. The van der Waals surface area contributed by atoms with Gasteiger partial charge in [0.05, 0.1) is 6.61 Å². The molecule has 1 aromatic heterocycles. The van der Waals surface area contributed by atoms with Crippen LogP contribution in [0.3, 0.4) is 0 Å². The Bertz CT molecular complexity index is 508. The summed E-state index contributed by atoms with van der Waals surface area (Å²) in [6.07, 6.45) is 1.25. The Morgan fingerprint density at radius 2 is 2.17 bits per heavy atom. The molecule has 0 bridgehead atoms. The minimum atomic E-state index is -0.270. The maximum atomic E-state index is 11.7. The number of hydrogen-bond acceptors (Lipinski definition) is 5. The minimum Gasteiger partial charge on any atom is -0.423 e. The summed E-state index contributed by atoms with van der Waals surface area (Å²) in [6, 6.07) is 6.52. The first-order chi connectivity index (χ1) is 8.70. The first-order valence-electron chi connectivity index (χ1n) is 5.49. The Labute approximate surface area is 104 Å². The Morgan fingerprint density at radius 3 is 2.72 bits per heavy atom. The molecule has 18 heavy (non-hydrogen) atoms. The van der Waals surface area contributed by atoms with E-state index in [2.05, 4.69) is 15.5 Å². The second-order valence-electron chi connectivity index (χ2n) is 3.88. The van der Waals surface area contributed by atoms with Gasteiger partial charge in [-0.3, -0.25) is 4.79 Å². The van der Waals surface area contributed by atoms with Crippen LogP contribution in [-0.4, -0.2) is 33.9 Å². The number of aliphatic hydroxyl groups excluding tert-OH is 1. The fourth-order valence-electron chi connectivity index (χ4n) is 1.42. The number of aromatic nitrogens is 2. The molecule has 0 radical (unpaired) electrons. The molecule has 0 aliphatic rings. The molecule has 94 valence electrons. The normalized spacial score (nSPS) is 12.1. The molecule has 1 amide bonds. The fraction of sp³-hybridized carbons (Fsp3) is 0.250. The van der Waals surface area contributed by atoms with Crippen LogP contribution >= 0.6 is 0 Å². The van der Waals surface area contributed by atoms with E-state index in [1.807, 2.05) is 0 Å². The summed E-state index contributed by atoms with van der Waals surface area (Å²) < 4.78 is 5.05. The number of aliphatic hydroxyl groups is 1. The summed E-state index contributed by atoms with van der Waals surface area (Å²) in [5, 5.41) is 18.9. The molecule has 0 saturated carbocycles. The number of carbonyl (C=O) groups excluding carboxylic acids is 1. The second kappa shape index (κ2) is 5.42. The van der Waals surface area contributed by atoms with Crippen LogP contribution in [0.5, 0.6) is 0 Å². The minimum absolute atomic E-state index is 0.0915. The van der Waals surface area contributed by atoms with E-state index in [0.717, 1.165) is 5.56 Å². The molecule has 0 unspecified atom stereocenters. The van der Waals surface area contributed by atoms with Crippen LogP contribution in [0.4, 0.5) is 0 Å². The van der Waals surface area contributed by atoms with Crippen molar-refractivity contribution in [3.05, 3.63) is 36.2 Å². The van der Waals surface area contributed by atoms with Crippen molar-refractivity contribution in [1.82, 2.24) is 15.5 Å². The smallest absolute Gasteiger partial charge is 0.251 e. The number of nitrogens with one attached hydrogen (secondary N) is 1. The van der Waals surface area contributed by atoms with Gasteiger partial charge in [-0.05, 0) is 31.2 Å². The van der Waals surface area contributed by atoms with Crippen LogP contribution in [-0.2, 0) is 0 Å². The van der Waals surface area contributed by atoms with Crippen LogP contribution in [0.1, 0.15) is 17.3 Å². The zero-order chi connectivity index (χ0) is 13.0. The molecule has 0 saturated heterocycles. The molecule has 6 heteroatoms. The van der Waals surface area contributed by atoms with Crippen molar-refractivity contribution in [1.29, 1.82) is 0 Å². The quantitative estimate of drug-likeness (QED) is 0.836. The van der Waals surface area contributed by atoms with Crippen molar-refractivity contribution in [2.24, 2.45) is 0 Å². The lowest BCUT2D eigenvalue weighted by Gasteiger charge is -2.10. The SMILES string of the molecule is C[C@H](CO)NC(=O)c1ccc(-c2nnco2)cc1. The van der Waals surface area contributed by atoms with Crippen molar-refractivity contribution in [2.45, 2.75) is 13.0 Å². The van der Waals surface area contributed by atoms with Crippen LogP contribution in [0, 0.1) is 0 Å². The molecule has 0 fully saturated rings. The van der Waals surface area contributed by atoms with Gasteiger partial charge in [-0.25, -0.2) is 0 Å². The van der Waals surface area contributed by atoms with Crippen LogP contribution in [0.25, 0.3) is 11.5 Å². The van der Waals surface area contributed by atoms with Crippen LogP contribution < -0.4 is 5.32 Å². The van der Waals surface area contributed by atoms with E-state index in [-0.39, 0.29) is 18.6 Å². The number of benzene rings is 1.